The summed E-state index contributed by atoms with van der Waals surface area (Å²) >= 11 is 5.69. The van der Waals surface area contributed by atoms with Gasteiger partial charge in [-0.2, -0.15) is 0 Å². The second-order valence-electron chi connectivity index (χ2n) is 1.25. The van der Waals surface area contributed by atoms with Crippen molar-refractivity contribution >= 4 is 24.4 Å². The molecule has 0 fully saturated rings. The van der Waals surface area contributed by atoms with Crippen molar-refractivity contribution in [3.05, 3.63) is 10.4 Å². The monoisotopic (exact) mass is 134 g/mol. The number of thioether (sulfide) groups is 1. The Kier molecular flexibility index (Phi) is 1.51. The van der Waals surface area contributed by atoms with E-state index in [9.17, 15) is 0 Å². The fourth-order valence-electron chi connectivity index (χ4n) is 0.357. The van der Waals surface area contributed by atoms with E-state index in [1.54, 1.807) is 23.0 Å². The van der Waals surface area contributed by atoms with Crippen molar-refractivity contribution in [1.82, 2.24) is 5.01 Å². The van der Waals surface area contributed by atoms with Crippen LogP contribution in [0, 0.1) is 0 Å². The van der Waals surface area contributed by atoms with Gasteiger partial charge in [0.25, 0.3) is 0 Å². The van der Waals surface area contributed by atoms with Crippen LogP contribution < -0.4 is 5.84 Å². The average molecular weight is 134 g/mol. The number of nitrogens with zero attached hydrogens (tertiary/aromatic N) is 1. The van der Waals surface area contributed by atoms with Crippen molar-refractivity contribution in [3.63, 3.8) is 0 Å². The molecule has 0 aromatic heterocycles. The van der Waals surface area contributed by atoms with Crippen LogP contribution in [-0.2, 0) is 0 Å². The van der Waals surface area contributed by atoms with Crippen LogP contribution in [0.25, 0.3) is 0 Å². The van der Waals surface area contributed by atoms with Gasteiger partial charge in [-0.25, -0.2) is 5.84 Å². The standard InChI is InChI=1S/C3H6N2S2/c4-5-1-3(6)7-2-5/h1,6H,2,4H2. The molecule has 0 aromatic carbocycles. The van der Waals surface area contributed by atoms with Gasteiger partial charge in [0.05, 0.1) is 10.1 Å². The quantitative estimate of drug-likeness (QED) is 0.375. The Balaban J connectivity index is 2.50. The van der Waals surface area contributed by atoms with Crippen LogP contribution in [0.15, 0.2) is 10.4 Å². The molecule has 0 unspecified atom stereocenters. The summed E-state index contributed by atoms with van der Waals surface area (Å²) in [6, 6.07) is 0. The number of thiol groups is 1. The van der Waals surface area contributed by atoms with E-state index in [1.807, 2.05) is 0 Å². The summed E-state index contributed by atoms with van der Waals surface area (Å²) in [5, 5.41) is 1.60. The number of rotatable bonds is 0. The maximum atomic E-state index is 5.31. The molecule has 0 aromatic rings. The highest BCUT2D eigenvalue weighted by Crippen LogP contribution is 2.25. The maximum Gasteiger partial charge on any atom is 0.0842 e. The highest BCUT2D eigenvalue weighted by atomic mass is 32.2. The third kappa shape index (κ3) is 1.29. The normalized spacial score (nSPS) is 20.3. The number of hydrogen-bond acceptors (Lipinski definition) is 4. The van der Waals surface area contributed by atoms with Gasteiger partial charge in [0, 0.05) is 6.20 Å². The lowest BCUT2D eigenvalue weighted by atomic mass is 11.0. The molecule has 1 rings (SSSR count). The molecule has 1 aliphatic heterocycles. The van der Waals surface area contributed by atoms with E-state index in [4.69, 9.17) is 5.84 Å². The summed E-state index contributed by atoms with van der Waals surface area (Å²) in [4.78, 5) is 0. The Hall–Kier alpha value is 0.200. The predicted octanol–water partition coefficient (Wildman–Crippen LogP) is 0.595. The van der Waals surface area contributed by atoms with Crippen molar-refractivity contribution in [1.29, 1.82) is 0 Å². The van der Waals surface area contributed by atoms with Crippen LogP contribution >= 0.6 is 24.4 Å². The Morgan fingerprint density at radius 3 is 2.86 bits per heavy atom. The van der Waals surface area contributed by atoms with Gasteiger partial charge >= 0.3 is 0 Å². The molecule has 1 heterocycles. The van der Waals surface area contributed by atoms with Gasteiger partial charge in [0.15, 0.2) is 0 Å². The molecule has 0 radical (unpaired) electrons. The molecule has 0 saturated heterocycles. The maximum absolute atomic E-state index is 5.31. The largest absolute Gasteiger partial charge is 0.306 e. The van der Waals surface area contributed by atoms with E-state index >= 15 is 0 Å². The fraction of sp³-hybridized carbons (Fsp3) is 0.333. The Morgan fingerprint density at radius 1 is 2.00 bits per heavy atom. The van der Waals surface area contributed by atoms with Gasteiger partial charge in [-0.3, -0.25) is 0 Å². The zero-order valence-corrected chi connectivity index (χ0v) is 5.38. The van der Waals surface area contributed by atoms with Gasteiger partial charge in [0.1, 0.15) is 0 Å². The van der Waals surface area contributed by atoms with Crippen LogP contribution in [0.4, 0.5) is 0 Å². The van der Waals surface area contributed by atoms with Gasteiger partial charge in [-0.1, -0.05) is 11.8 Å². The predicted molar refractivity (Wildman–Crippen MR) is 35.6 cm³/mol. The van der Waals surface area contributed by atoms with E-state index in [0.717, 1.165) is 10.1 Å². The van der Waals surface area contributed by atoms with E-state index < -0.39 is 0 Å². The van der Waals surface area contributed by atoms with Gasteiger partial charge in [-0.15, -0.1) is 12.6 Å². The fourth-order valence-corrected chi connectivity index (χ4v) is 1.24. The first kappa shape index (κ1) is 5.34. The molecule has 0 spiro atoms. The molecule has 4 heteroatoms. The minimum Gasteiger partial charge on any atom is -0.306 e. The summed E-state index contributed by atoms with van der Waals surface area (Å²) < 4.78 is 0.988. The van der Waals surface area contributed by atoms with E-state index in [1.165, 1.54) is 0 Å². The van der Waals surface area contributed by atoms with Crippen molar-refractivity contribution < 1.29 is 0 Å². The molecule has 40 valence electrons. The average Bonchev–Trinajstić information content (AvgIpc) is 1.87. The third-order valence-electron chi connectivity index (χ3n) is 0.638. The Bertz CT molecular complexity index is 101. The number of hydrazine groups is 1. The van der Waals surface area contributed by atoms with Crippen LogP contribution in [-0.4, -0.2) is 10.9 Å². The smallest absolute Gasteiger partial charge is 0.0842 e. The first-order valence-corrected chi connectivity index (χ1v) is 3.27. The SMILES string of the molecule is NN1C=C(S)SC1. The highest BCUT2D eigenvalue weighted by molar-refractivity contribution is 8.15. The minimum atomic E-state index is 0.832. The summed E-state index contributed by atoms with van der Waals surface area (Å²) in [6.07, 6.45) is 1.80. The molecule has 0 atom stereocenters. The van der Waals surface area contributed by atoms with E-state index in [0.29, 0.717) is 0 Å². The van der Waals surface area contributed by atoms with Crippen LogP contribution in [0.5, 0.6) is 0 Å². The summed E-state index contributed by atoms with van der Waals surface area (Å²) in [7, 11) is 0. The molecule has 2 nitrogen and oxygen atoms in total. The number of nitrogens with two attached hydrogens (primary N) is 1. The topological polar surface area (TPSA) is 29.3 Å². The molecule has 2 N–H and O–H groups in total. The molecular formula is C3H6N2S2. The highest BCUT2D eigenvalue weighted by Gasteiger charge is 2.03. The number of hydrogen-bond donors (Lipinski definition) is 2. The first-order chi connectivity index (χ1) is 3.29. The molecule has 1 aliphatic rings. The summed E-state index contributed by atoms with van der Waals surface area (Å²) in [6.45, 7) is 0. The molecule has 0 bridgehead atoms. The zero-order valence-electron chi connectivity index (χ0n) is 3.66. The zero-order chi connectivity index (χ0) is 5.28. The van der Waals surface area contributed by atoms with Crippen molar-refractivity contribution in [2.24, 2.45) is 5.84 Å². The Labute approximate surface area is 52.1 Å². The van der Waals surface area contributed by atoms with Crippen LogP contribution in [0.2, 0.25) is 0 Å². The molecule has 0 amide bonds. The molecule has 0 saturated carbocycles. The second-order valence-corrected chi connectivity index (χ2v) is 3.03. The second kappa shape index (κ2) is 1.98. The van der Waals surface area contributed by atoms with Crippen molar-refractivity contribution in [3.8, 4) is 0 Å². The summed E-state index contributed by atoms with van der Waals surface area (Å²) in [5.41, 5.74) is 0. The van der Waals surface area contributed by atoms with Crippen LogP contribution in [0.1, 0.15) is 0 Å². The third-order valence-corrected chi connectivity index (χ3v) is 1.97. The van der Waals surface area contributed by atoms with E-state index in [2.05, 4.69) is 12.6 Å². The van der Waals surface area contributed by atoms with Crippen molar-refractivity contribution in [2.75, 3.05) is 5.88 Å². The van der Waals surface area contributed by atoms with Gasteiger partial charge in [-0.05, 0) is 0 Å². The Morgan fingerprint density at radius 2 is 2.71 bits per heavy atom. The van der Waals surface area contributed by atoms with Crippen LogP contribution in [0.3, 0.4) is 0 Å². The first-order valence-electron chi connectivity index (χ1n) is 1.84. The lowest BCUT2D eigenvalue weighted by Gasteiger charge is -2.00. The summed E-state index contributed by atoms with van der Waals surface area (Å²) in [5.74, 6) is 6.14. The molecule has 7 heavy (non-hydrogen) atoms. The van der Waals surface area contributed by atoms with Crippen molar-refractivity contribution in [2.45, 2.75) is 0 Å². The van der Waals surface area contributed by atoms with Gasteiger partial charge in [0.2, 0.25) is 0 Å². The van der Waals surface area contributed by atoms with Gasteiger partial charge < -0.3 is 5.01 Å². The molecule has 0 aliphatic carbocycles. The lowest BCUT2D eigenvalue weighted by Crippen LogP contribution is -2.20. The minimum absolute atomic E-state index is 0.832. The van der Waals surface area contributed by atoms with E-state index in [-0.39, 0.29) is 0 Å². The lowest BCUT2D eigenvalue weighted by molar-refractivity contribution is 0.474. The molecular weight excluding hydrogens is 128 g/mol.